The van der Waals surface area contributed by atoms with E-state index in [1.807, 2.05) is 0 Å². The molecule has 7 heteroatoms. The highest BCUT2D eigenvalue weighted by molar-refractivity contribution is 5.84. The Labute approximate surface area is 114 Å². The van der Waals surface area contributed by atoms with Crippen LogP contribution in [0.15, 0.2) is 24.3 Å². The molecule has 1 heterocycles. The zero-order valence-corrected chi connectivity index (χ0v) is 10.7. The van der Waals surface area contributed by atoms with Crippen LogP contribution in [0.25, 0.3) is 0 Å². The molecule has 0 unspecified atom stereocenters. The van der Waals surface area contributed by atoms with Crippen LogP contribution in [-0.4, -0.2) is 25.3 Å². The maximum Gasteiger partial charge on any atom is 0.416 e. The van der Waals surface area contributed by atoms with E-state index in [2.05, 4.69) is 10.6 Å². The summed E-state index contributed by atoms with van der Waals surface area (Å²) in [7, 11) is 0. The Morgan fingerprint density at radius 2 is 2.00 bits per heavy atom. The molecular formula is C13H15F3N2O2. The van der Waals surface area contributed by atoms with E-state index in [0.29, 0.717) is 12.8 Å². The number of amides is 1. The van der Waals surface area contributed by atoms with Gasteiger partial charge in [0.2, 0.25) is 0 Å². The van der Waals surface area contributed by atoms with E-state index in [9.17, 15) is 18.0 Å². The van der Waals surface area contributed by atoms with E-state index < -0.39 is 17.8 Å². The van der Waals surface area contributed by atoms with E-state index in [4.69, 9.17) is 4.74 Å². The molecule has 110 valence electrons. The summed E-state index contributed by atoms with van der Waals surface area (Å²) in [5.74, 6) is 0. The van der Waals surface area contributed by atoms with Crippen LogP contribution in [0.2, 0.25) is 0 Å². The number of carbonyl (C=O) groups is 1. The fourth-order valence-electron chi connectivity index (χ4n) is 1.99. The molecule has 1 amide bonds. The van der Waals surface area contributed by atoms with Crippen molar-refractivity contribution in [3.05, 3.63) is 29.8 Å². The fraction of sp³-hybridized carbons (Fsp3) is 0.462. The Balaban J connectivity index is 1.93. The van der Waals surface area contributed by atoms with Gasteiger partial charge in [0.1, 0.15) is 6.10 Å². The molecule has 1 aliphatic rings. The predicted molar refractivity (Wildman–Crippen MR) is 67.4 cm³/mol. The molecule has 2 N–H and O–H groups in total. The Hall–Kier alpha value is -1.76. The van der Waals surface area contributed by atoms with Gasteiger partial charge in [0.05, 0.1) is 5.56 Å². The molecule has 1 saturated heterocycles. The minimum atomic E-state index is -4.43. The van der Waals surface area contributed by atoms with Gasteiger partial charge in [-0.2, -0.15) is 13.2 Å². The summed E-state index contributed by atoms with van der Waals surface area (Å²) in [6, 6.07) is 4.45. The van der Waals surface area contributed by atoms with Crippen LogP contribution < -0.4 is 10.6 Å². The van der Waals surface area contributed by atoms with Gasteiger partial charge < -0.3 is 10.1 Å². The van der Waals surface area contributed by atoms with E-state index in [0.717, 1.165) is 25.2 Å². The number of hydrogen-bond donors (Lipinski definition) is 2. The van der Waals surface area contributed by atoms with Crippen molar-refractivity contribution in [3.8, 4) is 0 Å². The number of rotatable bonds is 2. The molecule has 0 spiro atoms. The summed E-state index contributed by atoms with van der Waals surface area (Å²) in [6.45, 7) is 1.53. The summed E-state index contributed by atoms with van der Waals surface area (Å²) in [5, 5.41) is 5.45. The SMILES string of the molecule is O=C(Nc1cccc(C(F)(F)F)c1)OC1CCNCC1. The van der Waals surface area contributed by atoms with E-state index in [1.165, 1.54) is 12.1 Å². The number of piperidine rings is 1. The summed E-state index contributed by atoms with van der Waals surface area (Å²) in [5.41, 5.74) is -0.740. The smallest absolute Gasteiger partial charge is 0.416 e. The third kappa shape index (κ3) is 4.12. The molecule has 1 aliphatic heterocycles. The Morgan fingerprint density at radius 3 is 2.65 bits per heavy atom. The highest BCUT2D eigenvalue weighted by Crippen LogP contribution is 2.30. The maximum atomic E-state index is 12.5. The van der Waals surface area contributed by atoms with Crippen molar-refractivity contribution in [2.45, 2.75) is 25.1 Å². The molecule has 20 heavy (non-hydrogen) atoms. The Morgan fingerprint density at radius 1 is 1.30 bits per heavy atom. The van der Waals surface area contributed by atoms with Gasteiger partial charge in [-0.15, -0.1) is 0 Å². The van der Waals surface area contributed by atoms with Gasteiger partial charge >= 0.3 is 12.3 Å². The van der Waals surface area contributed by atoms with Crippen LogP contribution in [-0.2, 0) is 10.9 Å². The molecule has 1 fully saturated rings. The third-order valence-electron chi connectivity index (χ3n) is 3.00. The quantitative estimate of drug-likeness (QED) is 0.879. The highest BCUT2D eigenvalue weighted by Gasteiger charge is 2.30. The maximum absolute atomic E-state index is 12.5. The van der Waals surface area contributed by atoms with Gasteiger partial charge in [-0.1, -0.05) is 6.07 Å². The number of nitrogens with one attached hydrogen (secondary N) is 2. The molecule has 0 aromatic heterocycles. The molecule has 0 atom stereocenters. The van der Waals surface area contributed by atoms with E-state index in [1.54, 1.807) is 0 Å². The summed E-state index contributed by atoms with van der Waals surface area (Å²) in [6.07, 6.45) is -3.94. The van der Waals surface area contributed by atoms with Gasteiger partial charge in [-0.25, -0.2) is 4.79 Å². The van der Waals surface area contributed by atoms with Crippen molar-refractivity contribution in [3.63, 3.8) is 0 Å². The van der Waals surface area contributed by atoms with Crippen LogP contribution in [0.4, 0.5) is 23.7 Å². The molecule has 4 nitrogen and oxygen atoms in total. The number of carbonyl (C=O) groups excluding carboxylic acids is 1. The first kappa shape index (κ1) is 14.6. The van der Waals surface area contributed by atoms with Gasteiger partial charge in [-0.3, -0.25) is 5.32 Å². The van der Waals surface area contributed by atoms with Crippen LogP contribution in [0.3, 0.4) is 0 Å². The molecule has 2 rings (SSSR count). The lowest BCUT2D eigenvalue weighted by molar-refractivity contribution is -0.137. The number of benzene rings is 1. The Kier molecular flexibility index (Phi) is 4.49. The van der Waals surface area contributed by atoms with Crippen molar-refractivity contribution in [1.82, 2.24) is 5.32 Å². The third-order valence-corrected chi connectivity index (χ3v) is 3.00. The van der Waals surface area contributed by atoms with Crippen molar-refractivity contribution in [1.29, 1.82) is 0 Å². The molecule has 1 aromatic rings. The zero-order valence-electron chi connectivity index (χ0n) is 10.7. The number of anilines is 1. The topological polar surface area (TPSA) is 50.4 Å². The second kappa shape index (κ2) is 6.13. The summed E-state index contributed by atoms with van der Waals surface area (Å²) < 4.78 is 42.7. The van der Waals surface area contributed by atoms with Crippen LogP contribution in [0.1, 0.15) is 18.4 Å². The predicted octanol–water partition coefficient (Wildman–Crippen LogP) is 3.01. The number of ether oxygens (including phenoxy) is 1. The number of hydrogen-bond acceptors (Lipinski definition) is 3. The average molecular weight is 288 g/mol. The van der Waals surface area contributed by atoms with Crippen LogP contribution >= 0.6 is 0 Å². The Bertz CT molecular complexity index is 471. The van der Waals surface area contributed by atoms with Crippen LogP contribution in [0.5, 0.6) is 0 Å². The zero-order chi connectivity index (χ0) is 14.6. The molecule has 0 saturated carbocycles. The molecule has 0 radical (unpaired) electrons. The first-order valence-corrected chi connectivity index (χ1v) is 6.31. The first-order valence-electron chi connectivity index (χ1n) is 6.31. The van der Waals surface area contributed by atoms with Gasteiger partial charge in [0, 0.05) is 5.69 Å². The molecule has 1 aromatic carbocycles. The average Bonchev–Trinajstić information content (AvgIpc) is 2.39. The van der Waals surface area contributed by atoms with Crippen molar-refractivity contribution < 1.29 is 22.7 Å². The molecule has 0 bridgehead atoms. The van der Waals surface area contributed by atoms with Gasteiger partial charge in [-0.05, 0) is 44.1 Å². The lowest BCUT2D eigenvalue weighted by atomic mass is 10.1. The minimum Gasteiger partial charge on any atom is -0.446 e. The van der Waals surface area contributed by atoms with Gasteiger partial charge in [0.15, 0.2) is 0 Å². The van der Waals surface area contributed by atoms with Crippen molar-refractivity contribution in [2.24, 2.45) is 0 Å². The number of halogens is 3. The second-order valence-corrected chi connectivity index (χ2v) is 4.56. The first-order chi connectivity index (χ1) is 9.45. The van der Waals surface area contributed by atoms with E-state index in [-0.39, 0.29) is 11.8 Å². The normalized spacial score (nSPS) is 16.8. The standard InChI is InChI=1S/C13H15F3N2O2/c14-13(15,16)9-2-1-3-10(8-9)18-12(19)20-11-4-6-17-7-5-11/h1-3,8,11,17H,4-7H2,(H,18,19). The second-order valence-electron chi connectivity index (χ2n) is 4.56. The fourth-order valence-corrected chi connectivity index (χ4v) is 1.99. The lowest BCUT2D eigenvalue weighted by Gasteiger charge is -2.22. The molecular weight excluding hydrogens is 273 g/mol. The summed E-state index contributed by atoms with van der Waals surface area (Å²) in [4.78, 5) is 11.6. The highest BCUT2D eigenvalue weighted by atomic mass is 19.4. The van der Waals surface area contributed by atoms with Crippen molar-refractivity contribution >= 4 is 11.8 Å². The minimum absolute atomic E-state index is 0.0683. The molecule has 0 aliphatic carbocycles. The van der Waals surface area contributed by atoms with Crippen molar-refractivity contribution in [2.75, 3.05) is 18.4 Å². The lowest BCUT2D eigenvalue weighted by Crippen LogP contribution is -2.34. The van der Waals surface area contributed by atoms with Crippen LogP contribution in [0, 0.1) is 0 Å². The van der Waals surface area contributed by atoms with E-state index >= 15 is 0 Å². The summed E-state index contributed by atoms with van der Waals surface area (Å²) >= 11 is 0. The monoisotopic (exact) mass is 288 g/mol. The largest absolute Gasteiger partial charge is 0.446 e. The number of alkyl halides is 3. The van der Waals surface area contributed by atoms with Gasteiger partial charge in [0.25, 0.3) is 0 Å².